The molecule has 0 radical (unpaired) electrons. The number of hydrogen-bond donors (Lipinski definition) is 0. The van der Waals surface area contributed by atoms with E-state index in [-0.39, 0.29) is 11.6 Å². The summed E-state index contributed by atoms with van der Waals surface area (Å²) in [7, 11) is 0. The molecule has 3 nitrogen and oxygen atoms in total. The molecule has 0 amide bonds. The number of carbonyl (C=O) groups excluding carboxylic acids is 1. The number of nitrogens with zero attached hydrogens (tertiary/aromatic N) is 1. The van der Waals surface area contributed by atoms with Crippen molar-refractivity contribution in [1.29, 1.82) is 0 Å². The van der Waals surface area contributed by atoms with Crippen LogP contribution in [0.4, 0.5) is 0 Å². The average molecular weight is 250 g/mol. The van der Waals surface area contributed by atoms with Crippen LogP contribution in [0.5, 0.6) is 5.75 Å². The Morgan fingerprint density at radius 1 is 1.53 bits per heavy atom. The molecule has 1 atom stereocenters. The summed E-state index contributed by atoms with van der Waals surface area (Å²) < 4.78 is 5.65. The van der Waals surface area contributed by atoms with E-state index in [1.807, 2.05) is 13.0 Å². The summed E-state index contributed by atoms with van der Waals surface area (Å²) >= 11 is 6.21. The first-order chi connectivity index (χ1) is 8.14. The zero-order valence-corrected chi connectivity index (χ0v) is 10.3. The van der Waals surface area contributed by atoms with Gasteiger partial charge in [-0.25, -0.2) is 4.79 Å². The Morgan fingerprint density at radius 3 is 2.94 bits per heavy atom. The van der Waals surface area contributed by atoms with E-state index in [4.69, 9.17) is 16.3 Å². The second kappa shape index (κ2) is 3.59. The van der Waals surface area contributed by atoms with Gasteiger partial charge in [0.25, 0.3) is 0 Å². The Labute approximate surface area is 104 Å². The van der Waals surface area contributed by atoms with Crippen molar-refractivity contribution in [2.75, 3.05) is 0 Å². The van der Waals surface area contributed by atoms with Gasteiger partial charge in [-0.1, -0.05) is 11.6 Å². The summed E-state index contributed by atoms with van der Waals surface area (Å²) in [5.74, 6) is 0.786. The Kier molecular flexibility index (Phi) is 2.29. The minimum absolute atomic E-state index is 0.169. The molecule has 3 rings (SSSR count). The highest BCUT2D eigenvalue weighted by Crippen LogP contribution is 2.51. The second-order valence-electron chi connectivity index (χ2n) is 4.81. The third-order valence-corrected chi connectivity index (χ3v) is 3.75. The minimum atomic E-state index is -0.355. The number of hydrogen-bond acceptors (Lipinski definition) is 3. The molecule has 88 valence electrons. The number of halogens is 1. The number of aliphatic imine (C=N–C) groups is 1. The summed E-state index contributed by atoms with van der Waals surface area (Å²) in [5.41, 5.74) is 1.78. The molecule has 0 saturated heterocycles. The molecule has 1 fully saturated rings. The molecular formula is C13H12ClNO2. The standard InChI is InChI=1S/C13H12ClNO2/c1-8-4-9-5-10(6-11(14)12(9)17-8)13(2-3-13)15-7-16/h5-6,8H,2-4H2,1H3. The fourth-order valence-electron chi connectivity index (χ4n) is 2.43. The zero-order chi connectivity index (χ0) is 12.0. The van der Waals surface area contributed by atoms with E-state index in [2.05, 4.69) is 11.1 Å². The van der Waals surface area contributed by atoms with Crippen LogP contribution in [0, 0.1) is 0 Å². The summed E-state index contributed by atoms with van der Waals surface area (Å²) in [6, 6.07) is 3.94. The molecule has 0 bridgehead atoms. The quantitative estimate of drug-likeness (QED) is 0.597. The lowest BCUT2D eigenvalue weighted by molar-refractivity contribution is 0.255. The van der Waals surface area contributed by atoms with Crippen molar-refractivity contribution in [1.82, 2.24) is 0 Å². The molecule has 1 heterocycles. The highest BCUT2D eigenvalue weighted by molar-refractivity contribution is 6.32. The summed E-state index contributed by atoms with van der Waals surface area (Å²) in [6.45, 7) is 2.02. The molecule has 4 heteroatoms. The Morgan fingerprint density at radius 2 is 2.29 bits per heavy atom. The smallest absolute Gasteiger partial charge is 0.235 e. The monoisotopic (exact) mass is 249 g/mol. The van der Waals surface area contributed by atoms with Gasteiger partial charge in [-0.2, -0.15) is 4.99 Å². The van der Waals surface area contributed by atoms with Crippen molar-refractivity contribution in [3.8, 4) is 5.75 Å². The SMILES string of the molecule is CC1Cc2cc(C3(N=C=O)CC3)cc(Cl)c2O1. The maximum Gasteiger partial charge on any atom is 0.235 e. The van der Waals surface area contributed by atoms with Gasteiger partial charge < -0.3 is 4.74 Å². The lowest BCUT2D eigenvalue weighted by Gasteiger charge is -2.11. The van der Waals surface area contributed by atoms with Crippen molar-refractivity contribution >= 4 is 17.7 Å². The number of fused-ring (bicyclic) bond motifs is 1. The fourth-order valence-corrected chi connectivity index (χ4v) is 2.71. The van der Waals surface area contributed by atoms with Crippen molar-refractivity contribution in [3.05, 3.63) is 28.3 Å². The second-order valence-corrected chi connectivity index (χ2v) is 5.22. The van der Waals surface area contributed by atoms with Crippen molar-refractivity contribution in [3.63, 3.8) is 0 Å². The van der Waals surface area contributed by atoms with Crippen LogP contribution >= 0.6 is 11.6 Å². The summed E-state index contributed by atoms with van der Waals surface area (Å²) in [6.07, 6.45) is 4.49. The number of ether oxygens (including phenoxy) is 1. The minimum Gasteiger partial charge on any atom is -0.489 e. The first-order valence-corrected chi connectivity index (χ1v) is 6.11. The lowest BCUT2D eigenvalue weighted by atomic mass is 10.0. The van der Waals surface area contributed by atoms with E-state index in [0.717, 1.165) is 36.1 Å². The van der Waals surface area contributed by atoms with Gasteiger partial charge in [0.2, 0.25) is 6.08 Å². The predicted molar refractivity (Wildman–Crippen MR) is 64.3 cm³/mol. The maximum absolute atomic E-state index is 10.5. The van der Waals surface area contributed by atoms with Gasteiger partial charge in [0.05, 0.1) is 10.6 Å². The Hall–Kier alpha value is -1.31. The first kappa shape index (κ1) is 10.8. The van der Waals surface area contributed by atoms with E-state index in [1.54, 1.807) is 6.08 Å². The molecule has 1 aliphatic carbocycles. The van der Waals surface area contributed by atoms with Crippen molar-refractivity contribution < 1.29 is 9.53 Å². The Balaban J connectivity index is 2.07. The van der Waals surface area contributed by atoms with Crippen molar-refractivity contribution in [2.45, 2.75) is 37.8 Å². The molecule has 2 aliphatic rings. The van der Waals surface area contributed by atoms with Crippen LogP contribution in [0.25, 0.3) is 0 Å². The van der Waals surface area contributed by atoms with Crippen molar-refractivity contribution in [2.24, 2.45) is 4.99 Å². The molecule has 1 unspecified atom stereocenters. The molecule has 1 aromatic carbocycles. The van der Waals surface area contributed by atoms with Crippen LogP contribution < -0.4 is 4.74 Å². The first-order valence-electron chi connectivity index (χ1n) is 5.73. The molecule has 0 spiro atoms. The van der Waals surface area contributed by atoms with Crippen LogP contribution in [0.2, 0.25) is 5.02 Å². The third-order valence-electron chi connectivity index (χ3n) is 3.47. The fraction of sp³-hybridized carbons (Fsp3) is 0.462. The van der Waals surface area contributed by atoms with E-state index < -0.39 is 0 Å². The van der Waals surface area contributed by atoms with Crippen LogP contribution in [-0.4, -0.2) is 12.2 Å². The van der Waals surface area contributed by atoms with Gasteiger partial charge in [-0.3, -0.25) is 0 Å². The molecule has 1 aliphatic heterocycles. The van der Waals surface area contributed by atoms with E-state index in [0.29, 0.717) is 5.02 Å². The van der Waals surface area contributed by atoms with Crippen LogP contribution in [0.1, 0.15) is 30.9 Å². The Bertz CT molecular complexity index is 530. The van der Waals surface area contributed by atoms with Gasteiger partial charge in [-0.05, 0) is 43.0 Å². The van der Waals surface area contributed by atoms with Crippen LogP contribution in [-0.2, 0) is 16.8 Å². The van der Waals surface area contributed by atoms with Gasteiger partial charge in [-0.15, -0.1) is 0 Å². The molecular weight excluding hydrogens is 238 g/mol. The molecule has 0 aromatic heterocycles. The van der Waals surface area contributed by atoms with Gasteiger partial charge in [0, 0.05) is 6.42 Å². The zero-order valence-electron chi connectivity index (χ0n) is 9.50. The van der Waals surface area contributed by atoms with E-state index in [1.165, 1.54) is 0 Å². The molecule has 1 aromatic rings. The maximum atomic E-state index is 10.5. The summed E-state index contributed by atoms with van der Waals surface area (Å²) in [5, 5.41) is 0.620. The topological polar surface area (TPSA) is 38.7 Å². The number of rotatable bonds is 2. The molecule has 0 N–H and O–H groups in total. The molecule has 17 heavy (non-hydrogen) atoms. The molecule has 1 saturated carbocycles. The predicted octanol–water partition coefficient (Wildman–Crippen LogP) is 2.99. The van der Waals surface area contributed by atoms with E-state index in [9.17, 15) is 4.79 Å². The van der Waals surface area contributed by atoms with Crippen LogP contribution in [0.15, 0.2) is 17.1 Å². The highest BCUT2D eigenvalue weighted by Gasteiger charge is 2.45. The third kappa shape index (κ3) is 1.67. The average Bonchev–Trinajstić information content (AvgIpc) is 2.95. The number of benzene rings is 1. The highest BCUT2D eigenvalue weighted by atomic mass is 35.5. The van der Waals surface area contributed by atoms with Gasteiger partial charge in [0.1, 0.15) is 11.9 Å². The van der Waals surface area contributed by atoms with Gasteiger partial charge in [0.15, 0.2) is 0 Å². The number of isocyanates is 1. The van der Waals surface area contributed by atoms with Gasteiger partial charge >= 0.3 is 0 Å². The lowest BCUT2D eigenvalue weighted by Crippen LogP contribution is -2.05. The normalized spacial score (nSPS) is 23.5. The summed E-state index contributed by atoms with van der Waals surface area (Å²) in [4.78, 5) is 14.4. The van der Waals surface area contributed by atoms with E-state index >= 15 is 0 Å². The van der Waals surface area contributed by atoms with Crippen LogP contribution in [0.3, 0.4) is 0 Å². The largest absolute Gasteiger partial charge is 0.489 e.